The molecule has 0 radical (unpaired) electrons. The zero-order valence-corrected chi connectivity index (χ0v) is 11.9. The van der Waals surface area contributed by atoms with Crippen molar-refractivity contribution in [2.75, 3.05) is 18.1 Å². The molecule has 1 aliphatic rings. The summed E-state index contributed by atoms with van der Waals surface area (Å²) in [6.45, 7) is 0.910. The number of fused-ring (bicyclic) bond motifs is 1. The minimum Gasteiger partial charge on any atom is -0.478 e. The molecule has 20 heavy (non-hydrogen) atoms. The molecule has 0 aliphatic carbocycles. The molecule has 1 aromatic carbocycles. The van der Waals surface area contributed by atoms with Gasteiger partial charge in [0.1, 0.15) is 5.82 Å². The Morgan fingerprint density at radius 2 is 2.40 bits per heavy atom. The second-order valence-corrected chi connectivity index (χ2v) is 5.52. The minimum absolute atomic E-state index is 0.274. The monoisotopic (exact) mass is 289 g/mol. The molecule has 5 nitrogen and oxygen atoms in total. The van der Waals surface area contributed by atoms with Crippen LogP contribution in [0.2, 0.25) is 0 Å². The average Bonchev–Trinajstić information content (AvgIpc) is 3.03. The number of aromatic nitrogens is 2. The van der Waals surface area contributed by atoms with Crippen molar-refractivity contribution in [1.29, 1.82) is 0 Å². The third-order valence-electron chi connectivity index (χ3n) is 3.35. The first-order valence-electron chi connectivity index (χ1n) is 6.38. The lowest BCUT2D eigenvalue weighted by Crippen LogP contribution is -2.06. The highest BCUT2D eigenvalue weighted by atomic mass is 32.2. The summed E-state index contributed by atoms with van der Waals surface area (Å²) in [5.74, 6) is 0.944. The fourth-order valence-electron chi connectivity index (χ4n) is 2.46. The van der Waals surface area contributed by atoms with Crippen LogP contribution in [0.4, 0.5) is 5.82 Å². The van der Waals surface area contributed by atoms with E-state index in [0.29, 0.717) is 0 Å². The van der Waals surface area contributed by atoms with Crippen molar-refractivity contribution >= 4 is 23.5 Å². The highest BCUT2D eigenvalue weighted by Crippen LogP contribution is 2.30. The topological polar surface area (TPSA) is 67.2 Å². The van der Waals surface area contributed by atoms with Gasteiger partial charge < -0.3 is 10.4 Å². The highest BCUT2D eigenvalue weighted by Gasteiger charge is 2.22. The second-order valence-electron chi connectivity index (χ2n) is 4.65. The number of carboxylic acid groups (broad SMARTS) is 1. The van der Waals surface area contributed by atoms with E-state index in [-0.39, 0.29) is 5.56 Å². The van der Waals surface area contributed by atoms with Crippen LogP contribution in [0.3, 0.4) is 0 Å². The van der Waals surface area contributed by atoms with Crippen LogP contribution >= 0.6 is 11.8 Å². The molecule has 1 aromatic heterocycles. The van der Waals surface area contributed by atoms with E-state index in [9.17, 15) is 4.79 Å². The number of hydrogen-bond donors (Lipinski definition) is 2. The number of carbonyl (C=O) groups is 1. The van der Waals surface area contributed by atoms with Crippen molar-refractivity contribution in [2.45, 2.75) is 12.2 Å². The molecular formula is C14H15N3O2S. The predicted octanol–water partition coefficient (Wildman–Crippen LogP) is 2.40. The van der Waals surface area contributed by atoms with E-state index in [4.69, 9.17) is 5.11 Å². The van der Waals surface area contributed by atoms with E-state index in [1.165, 1.54) is 5.56 Å². The molecule has 104 valence electrons. The van der Waals surface area contributed by atoms with Gasteiger partial charge >= 0.3 is 5.97 Å². The van der Waals surface area contributed by atoms with E-state index in [1.54, 1.807) is 30.0 Å². The van der Waals surface area contributed by atoms with Crippen LogP contribution in [0.1, 0.15) is 21.6 Å². The normalized spacial score (nSPS) is 13.1. The molecule has 0 atom stereocenters. The van der Waals surface area contributed by atoms with Crippen LogP contribution in [-0.2, 0) is 12.2 Å². The number of nitrogens with zero attached hydrogens (tertiary/aromatic N) is 2. The number of benzene rings is 1. The molecule has 2 N–H and O–H groups in total. The highest BCUT2D eigenvalue weighted by molar-refractivity contribution is 7.97. The molecular weight excluding hydrogens is 274 g/mol. The van der Waals surface area contributed by atoms with E-state index in [0.717, 1.165) is 35.9 Å². The SMILES string of the molecule is CSCc1nn(-c2cccc(C(=O)O)c2)c2c1CCN2. The van der Waals surface area contributed by atoms with Crippen LogP contribution in [0.5, 0.6) is 0 Å². The maximum Gasteiger partial charge on any atom is 0.335 e. The Morgan fingerprint density at radius 3 is 3.15 bits per heavy atom. The van der Waals surface area contributed by atoms with Gasteiger partial charge in [0.2, 0.25) is 0 Å². The molecule has 0 saturated heterocycles. The Hall–Kier alpha value is -1.95. The van der Waals surface area contributed by atoms with Gasteiger partial charge in [-0.25, -0.2) is 9.48 Å². The number of carboxylic acids is 1. The van der Waals surface area contributed by atoms with Gasteiger partial charge in [0.25, 0.3) is 0 Å². The van der Waals surface area contributed by atoms with Crippen LogP contribution in [0, 0.1) is 0 Å². The standard InChI is InChI=1S/C14H15N3O2S/c1-20-8-12-11-5-6-15-13(11)17(16-12)10-4-2-3-9(7-10)14(18)19/h2-4,7,15H,5-6,8H2,1H3,(H,18,19). The van der Waals surface area contributed by atoms with E-state index in [2.05, 4.69) is 16.7 Å². The van der Waals surface area contributed by atoms with Gasteiger partial charge in [-0.3, -0.25) is 0 Å². The summed E-state index contributed by atoms with van der Waals surface area (Å²) in [5.41, 5.74) is 3.39. The zero-order valence-electron chi connectivity index (χ0n) is 11.1. The fourth-order valence-corrected chi connectivity index (χ4v) is 2.96. The number of aromatic carboxylic acids is 1. The summed E-state index contributed by atoms with van der Waals surface area (Å²) in [6.07, 6.45) is 3.03. The van der Waals surface area contributed by atoms with E-state index >= 15 is 0 Å². The van der Waals surface area contributed by atoms with Crippen LogP contribution in [-0.4, -0.2) is 33.7 Å². The van der Waals surface area contributed by atoms with Gasteiger partial charge in [0, 0.05) is 17.9 Å². The summed E-state index contributed by atoms with van der Waals surface area (Å²) in [4.78, 5) is 11.1. The number of anilines is 1. The van der Waals surface area contributed by atoms with E-state index in [1.807, 2.05) is 10.7 Å². The second kappa shape index (κ2) is 5.20. The van der Waals surface area contributed by atoms with Gasteiger partial charge in [-0.1, -0.05) is 6.07 Å². The Kier molecular flexibility index (Phi) is 3.40. The Morgan fingerprint density at radius 1 is 1.55 bits per heavy atom. The molecule has 0 spiro atoms. The molecule has 3 rings (SSSR count). The third kappa shape index (κ3) is 2.16. The lowest BCUT2D eigenvalue weighted by Gasteiger charge is -2.07. The van der Waals surface area contributed by atoms with Crippen molar-refractivity contribution in [3.63, 3.8) is 0 Å². The number of nitrogens with one attached hydrogen (secondary N) is 1. The quantitative estimate of drug-likeness (QED) is 0.904. The lowest BCUT2D eigenvalue weighted by molar-refractivity contribution is 0.0697. The molecule has 2 aromatic rings. The summed E-state index contributed by atoms with van der Waals surface area (Å²) < 4.78 is 1.82. The van der Waals surface area contributed by atoms with Crippen molar-refractivity contribution in [2.24, 2.45) is 0 Å². The zero-order chi connectivity index (χ0) is 14.1. The van der Waals surface area contributed by atoms with Gasteiger partial charge in [-0.2, -0.15) is 16.9 Å². The molecule has 1 aliphatic heterocycles. The summed E-state index contributed by atoms with van der Waals surface area (Å²) >= 11 is 1.74. The Bertz CT molecular complexity index is 666. The first-order chi connectivity index (χ1) is 9.70. The van der Waals surface area contributed by atoms with Crippen molar-refractivity contribution in [3.8, 4) is 5.69 Å². The molecule has 0 saturated carbocycles. The van der Waals surface area contributed by atoms with Crippen molar-refractivity contribution in [3.05, 3.63) is 41.1 Å². The molecule has 2 heterocycles. The van der Waals surface area contributed by atoms with Gasteiger partial charge in [-0.05, 0) is 30.9 Å². The molecule has 6 heteroatoms. The molecule has 0 fully saturated rings. The molecule has 0 unspecified atom stereocenters. The van der Waals surface area contributed by atoms with Crippen molar-refractivity contribution in [1.82, 2.24) is 9.78 Å². The number of rotatable bonds is 4. The summed E-state index contributed by atoms with van der Waals surface area (Å²) in [7, 11) is 0. The average molecular weight is 289 g/mol. The van der Waals surface area contributed by atoms with Gasteiger partial charge in [-0.15, -0.1) is 0 Å². The van der Waals surface area contributed by atoms with Crippen LogP contribution in [0.25, 0.3) is 5.69 Å². The minimum atomic E-state index is -0.923. The van der Waals surface area contributed by atoms with E-state index < -0.39 is 5.97 Å². The predicted molar refractivity (Wildman–Crippen MR) is 79.9 cm³/mol. The number of thioether (sulfide) groups is 1. The maximum atomic E-state index is 11.1. The maximum absolute atomic E-state index is 11.1. The molecule has 0 amide bonds. The van der Waals surface area contributed by atoms with Crippen LogP contribution < -0.4 is 5.32 Å². The first kappa shape index (κ1) is 13.1. The number of hydrogen-bond acceptors (Lipinski definition) is 4. The summed E-state index contributed by atoms with van der Waals surface area (Å²) in [5, 5.41) is 17.1. The lowest BCUT2D eigenvalue weighted by atomic mass is 10.2. The smallest absolute Gasteiger partial charge is 0.335 e. The third-order valence-corrected chi connectivity index (χ3v) is 3.91. The largest absolute Gasteiger partial charge is 0.478 e. The van der Waals surface area contributed by atoms with Crippen molar-refractivity contribution < 1.29 is 9.90 Å². The van der Waals surface area contributed by atoms with Gasteiger partial charge in [0.15, 0.2) is 0 Å². The first-order valence-corrected chi connectivity index (χ1v) is 7.77. The Balaban J connectivity index is 2.08. The fraction of sp³-hybridized carbons (Fsp3) is 0.286. The molecule has 0 bridgehead atoms. The summed E-state index contributed by atoms with van der Waals surface area (Å²) in [6, 6.07) is 6.86. The van der Waals surface area contributed by atoms with Gasteiger partial charge in [0.05, 0.1) is 16.9 Å². The Labute approximate surface area is 121 Å². The van der Waals surface area contributed by atoms with Crippen LogP contribution in [0.15, 0.2) is 24.3 Å².